The molecule has 1 aliphatic carbocycles. The summed E-state index contributed by atoms with van der Waals surface area (Å²) >= 11 is 0. The Morgan fingerprint density at radius 3 is 2.33 bits per heavy atom. The van der Waals surface area contributed by atoms with Gasteiger partial charge in [-0.15, -0.1) is 0 Å². The Balaban J connectivity index is 2.63. The standard InChI is InChI=1S/C14H26O/c1-5-12-8-6-7-9-13(12)14(15)11(4)10(2)3/h10-13H,5-9H2,1-4H3. The third-order valence-electron chi connectivity index (χ3n) is 4.25. The van der Waals surface area contributed by atoms with Crippen molar-refractivity contribution < 1.29 is 4.79 Å². The van der Waals surface area contributed by atoms with E-state index in [9.17, 15) is 4.79 Å². The van der Waals surface area contributed by atoms with E-state index in [1.165, 1.54) is 25.7 Å². The van der Waals surface area contributed by atoms with E-state index in [4.69, 9.17) is 0 Å². The molecule has 1 nitrogen and oxygen atoms in total. The summed E-state index contributed by atoms with van der Waals surface area (Å²) < 4.78 is 0. The van der Waals surface area contributed by atoms with Gasteiger partial charge in [0.15, 0.2) is 0 Å². The van der Waals surface area contributed by atoms with Crippen LogP contribution < -0.4 is 0 Å². The summed E-state index contributed by atoms with van der Waals surface area (Å²) in [5.41, 5.74) is 0. The van der Waals surface area contributed by atoms with Crippen molar-refractivity contribution in [1.29, 1.82) is 0 Å². The molecule has 1 aliphatic rings. The summed E-state index contributed by atoms with van der Waals surface area (Å²) in [6.07, 6.45) is 6.20. The molecule has 0 amide bonds. The van der Waals surface area contributed by atoms with Gasteiger partial charge in [-0.3, -0.25) is 4.79 Å². The molecule has 88 valence electrons. The molecule has 0 aromatic carbocycles. The summed E-state index contributed by atoms with van der Waals surface area (Å²) in [4.78, 5) is 12.3. The maximum absolute atomic E-state index is 12.3. The minimum Gasteiger partial charge on any atom is -0.299 e. The molecule has 0 N–H and O–H groups in total. The minimum absolute atomic E-state index is 0.252. The van der Waals surface area contributed by atoms with Gasteiger partial charge >= 0.3 is 0 Å². The lowest BCUT2D eigenvalue weighted by molar-refractivity contribution is -0.130. The van der Waals surface area contributed by atoms with Gasteiger partial charge in [-0.05, 0) is 24.7 Å². The molecular formula is C14H26O. The Hall–Kier alpha value is -0.330. The number of carbonyl (C=O) groups excluding carboxylic acids is 1. The lowest BCUT2D eigenvalue weighted by atomic mass is 9.72. The predicted molar refractivity (Wildman–Crippen MR) is 64.7 cm³/mol. The SMILES string of the molecule is CCC1CCCCC1C(=O)C(C)C(C)C. The van der Waals surface area contributed by atoms with Crippen LogP contribution in [0.5, 0.6) is 0 Å². The zero-order valence-electron chi connectivity index (χ0n) is 10.8. The fourth-order valence-corrected chi connectivity index (χ4v) is 2.74. The zero-order chi connectivity index (χ0) is 11.4. The number of hydrogen-bond acceptors (Lipinski definition) is 1. The van der Waals surface area contributed by atoms with E-state index in [2.05, 4.69) is 27.7 Å². The summed E-state index contributed by atoms with van der Waals surface area (Å²) in [6, 6.07) is 0. The number of rotatable bonds is 4. The molecule has 0 heterocycles. The van der Waals surface area contributed by atoms with E-state index in [0.29, 0.717) is 23.5 Å². The van der Waals surface area contributed by atoms with Gasteiger partial charge < -0.3 is 0 Å². The topological polar surface area (TPSA) is 17.1 Å². The van der Waals surface area contributed by atoms with Crippen molar-refractivity contribution in [3.8, 4) is 0 Å². The lowest BCUT2D eigenvalue weighted by Crippen LogP contribution is -2.32. The molecule has 1 fully saturated rings. The highest BCUT2D eigenvalue weighted by atomic mass is 16.1. The van der Waals surface area contributed by atoms with Crippen LogP contribution >= 0.6 is 0 Å². The van der Waals surface area contributed by atoms with Crippen LogP contribution in [0.4, 0.5) is 0 Å². The number of hydrogen-bond donors (Lipinski definition) is 0. The molecule has 0 aromatic heterocycles. The molecular weight excluding hydrogens is 184 g/mol. The van der Waals surface area contributed by atoms with Crippen LogP contribution in [-0.4, -0.2) is 5.78 Å². The molecule has 1 rings (SSSR count). The molecule has 0 aliphatic heterocycles. The van der Waals surface area contributed by atoms with E-state index in [1.54, 1.807) is 0 Å². The Bertz CT molecular complexity index is 207. The van der Waals surface area contributed by atoms with Gasteiger partial charge in [0.05, 0.1) is 0 Å². The van der Waals surface area contributed by atoms with Crippen molar-refractivity contribution in [2.45, 2.75) is 59.8 Å². The highest BCUT2D eigenvalue weighted by Gasteiger charge is 2.32. The molecule has 0 spiro atoms. The summed E-state index contributed by atoms with van der Waals surface area (Å²) in [7, 11) is 0. The fourth-order valence-electron chi connectivity index (χ4n) is 2.74. The highest BCUT2D eigenvalue weighted by Crippen LogP contribution is 2.35. The zero-order valence-corrected chi connectivity index (χ0v) is 10.8. The Morgan fingerprint density at radius 1 is 1.20 bits per heavy atom. The van der Waals surface area contributed by atoms with Crippen molar-refractivity contribution in [1.82, 2.24) is 0 Å². The average Bonchev–Trinajstić information content (AvgIpc) is 2.26. The van der Waals surface area contributed by atoms with Crippen molar-refractivity contribution >= 4 is 5.78 Å². The van der Waals surface area contributed by atoms with Gasteiger partial charge in [-0.2, -0.15) is 0 Å². The fraction of sp³-hybridized carbons (Fsp3) is 0.929. The Kier molecular flexibility index (Phi) is 4.82. The summed E-state index contributed by atoms with van der Waals surface area (Å²) in [6.45, 7) is 8.66. The lowest BCUT2D eigenvalue weighted by Gasteiger charge is -2.32. The van der Waals surface area contributed by atoms with Crippen molar-refractivity contribution in [3.63, 3.8) is 0 Å². The van der Waals surface area contributed by atoms with Crippen LogP contribution in [0.15, 0.2) is 0 Å². The van der Waals surface area contributed by atoms with Gasteiger partial charge in [0.25, 0.3) is 0 Å². The second kappa shape index (κ2) is 5.67. The first-order chi connectivity index (χ1) is 7.07. The van der Waals surface area contributed by atoms with E-state index in [1.807, 2.05) is 0 Å². The smallest absolute Gasteiger partial charge is 0.139 e. The van der Waals surface area contributed by atoms with Gasteiger partial charge in [-0.25, -0.2) is 0 Å². The van der Waals surface area contributed by atoms with Crippen LogP contribution in [0.25, 0.3) is 0 Å². The molecule has 0 bridgehead atoms. The van der Waals surface area contributed by atoms with Crippen molar-refractivity contribution in [3.05, 3.63) is 0 Å². The van der Waals surface area contributed by atoms with E-state index in [0.717, 1.165) is 6.42 Å². The predicted octanol–water partition coefficient (Wildman–Crippen LogP) is 4.06. The number of ketones is 1. The molecule has 0 saturated heterocycles. The molecule has 1 heteroatoms. The van der Waals surface area contributed by atoms with E-state index in [-0.39, 0.29) is 5.92 Å². The molecule has 3 atom stereocenters. The minimum atomic E-state index is 0.252. The van der Waals surface area contributed by atoms with Gasteiger partial charge in [-0.1, -0.05) is 47.0 Å². The Labute approximate surface area is 94.6 Å². The first-order valence-electron chi connectivity index (χ1n) is 6.61. The maximum atomic E-state index is 12.3. The largest absolute Gasteiger partial charge is 0.299 e. The second-order valence-corrected chi connectivity index (χ2v) is 5.49. The normalized spacial score (nSPS) is 29.1. The van der Waals surface area contributed by atoms with Crippen molar-refractivity contribution in [2.75, 3.05) is 0 Å². The monoisotopic (exact) mass is 210 g/mol. The first-order valence-corrected chi connectivity index (χ1v) is 6.61. The van der Waals surface area contributed by atoms with Gasteiger partial charge in [0, 0.05) is 11.8 Å². The van der Waals surface area contributed by atoms with Crippen LogP contribution in [0.3, 0.4) is 0 Å². The van der Waals surface area contributed by atoms with Gasteiger partial charge in [0.2, 0.25) is 0 Å². The Morgan fingerprint density at radius 2 is 1.80 bits per heavy atom. The maximum Gasteiger partial charge on any atom is 0.139 e. The summed E-state index contributed by atoms with van der Waals surface area (Å²) in [5.74, 6) is 2.34. The average molecular weight is 210 g/mol. The summed E-state index contributed by atoms with van der Waals surface area (Å²) in [5, 5.41) is 0. The third-order valence-corrected chi connectivity index (χ3v) is 4.25. The molecule has 3 unspecified atom stereocenters. The van der Waals surface area contributed by atoms with Crippen LogP contribution in [-0.2, 0) is 4.79 Å². The van der Waals surface area contributed by atoms with Crippen molar-refractivity contribution in [2.24, 2.45) is 23.7 Å². The van der Waals surface area contributed by atoms with E-state index < -0.39 is 0 Å². The molecule has 15 heavy (non-hydrogen) atoms. The second-order valence-electron chi connectivity index (χ2n) is 5.49. The number of carbonyl (C=O) groups is 1. The quantitative estimate of drug-likeness (QED) is 0.683. The van der Waals surface area contributed by atoms with Gasteiger partial charge in [0.1, 0.15) is 5.78 Å². The third kappa shape index (κ3) is 3.06. The molecule has 0 aromatic rings. The molecule has 1 saturated carbocycles. The van der Waals surface area contributed by atoms with Crippen LogP contribution in [0.1, 0.15) is 59.8 Å². The first kappa shape index (κ1) is 12.7. The van der Waals surface area contributed by atoms with Crippen LogP contribution in [0, 0.1) is 23.7 Å². The molecule has 0 radical (unpaired) electrons. The van der Waals surface area contributed by atoms with E-state index >= 15 is 0 Å². The number of Topliss-reactive ketones (excluding diaryl/α,β-unsaturated/α-hetero) is 1. The highest BCUT2D eigenvalue weighted by molar-refractivity contribution is 5.83. The van der Waals surface area contributed by atoms with Crippen LogP contribution in [0.2, 0.25) is 0 Å².